The standard InChI is InChI=1S/C22H28N2O/c1-23-13-5-6-14-24-20(15-23)22(21(24)16-25)19-11-9-18(10-12-19)17-7-3-2-4-8-17/h2-4,7-12,20-22,25H,5-6,13-16H2,1H3/t20-,21+,22-/m0/s1. The number of hydrogen-bond acceptors (Lipinski definition) is 3. The highest BCUT2D eigenvalue weighted by atomic mass is 16.3. The van der Waals surface area contributed by atoms with Crippen LogP contribution in [0.1, 0.15) is 24.3 Å². The van der Waals surface area contributed by atoms with Crippen LogP contribution in [0, 0.1) is 0 Å². The second kappa shape index (κ2) is 7.28. The summed E-state index contributed by atoms with van der Waals surface area (Å²) in [5.74, 6) is 0.440. The monoisotopic (exact) mass is 336 g/mol. The van der Waals surface area contributed by atoms with Crippen molar-refractivity contribution < 1.29 is 5.11 Å². The van der Waals surface area contributed by atoms with E-state index in [-0.39, 0.29) is 12.6 Å². The Labute approximate surface area is 150 Å². The highest BCUT2D eigenvalue weighted by Crippen LogP contribution is 2.42. The van der Waals surface area contributed by atoms with Crippen molar-refractivity contribution in [3.8, 4) is 11.1 Å². The lowest BCUT2D eigenvalue weighted by Gasteiger charge is -2.57. The average molecular weight is 336 g/mol. The summed E-state index contributed by atoms with van der Waals surface area (Å²) in [5, 5.41) is 9.96. The molecule has 2 aliphatic rings. The van der Waals surface area contributed by atoms with E-state index in [2.05, 4.69) is 71.4 Å². The van der Waals surface area contributed by atoms with Gasteiger partial charge in [0, 0.05) is 24.5 Å². The molecule has 3 nitrogen and oxygen atoms in total. The van der Waals surface area contributed by atoms with Crippen LogP contribution in [0.25, 0.3) is 11.1 Å². The van der Waals surface area contributed by atoms with Crippen molar-refractivity contribution in [2.75, 3.05) is 33.3 Å². The summed E-state index contributed by atoms with van der Waals surface area (Å²) >= 11 is 0. The van der Waals surface area contributed by atoms with Gasteiger partial charge in [-0.15, -0.1) is 0 Å². The van der Waals surface area contributed by atoms with Crippen LogP contribution < -0.4 is 0 Å². The third-order valence-corrected chi connectivity index (χ3v) is 5.98. The van der Waals surface area contributed by atoms with Gasteiger partial charge in [0.15, 0.2) is 0 Å². The Morgan fingerprint density at radius 2 is 1.60 bits per heavy atom. The lowest BCUT2D eigenvalue weighted by atomic mass is 9.74. The molecule has 2 aromatic rings. The van der Waals surface area contributed by atoms with Gasteiger partial charge in [-0.05, 0) is 49.7 Å². The number of hydrogen-bond donors (Lipinski definition) is 1. The van der Waals surface area contributed by atoms with E-state index in [0.717, 1.165) is 13.1 Å². The van der Waals surface area contributed by atoms with Crippen molar-refractivity contribution in [1.29, 1.82) is 0 Å². The van der Waals surface area contributed by atoms with Gasteiger partial charge in [0.05, 0.1) is 6.61 Å². The van der Waals surface area contributed by atoms with Gasteiger partial charge in [-0.1, -0.05) is 54.6 Å². The Morgan fingerprint density at radius 1 is 0.920 bits per heavy atom. The maximum Gasteiger partial charge on any atom is 0.0593 e. The van der Waals surface area contributed by atoms with Gasteiger partial charge >= 0.3 is 0 Å². The Bertz CT molecular complexity index is 685. The van der Waals surface area contributed by atoms with Crippen molar-refractivity contribution in [1.82, 2.24) is 9.80 Å². The highest BCUT2D eigenvalue weighted by Gasteiger charge is 2.48. The number of benzene rings is 2. The molecule has 0 radical (unpaired) electrons. The Morgan fingerprint density at radius 3 is 2.32 bits per heavy atom. The van der Waals surface area contributed by atoms with E-state index in [0.29, 0.717) is 12.0 Å². The largest absolute Gasteiger partial charge is 0.395 e. The first-order chi connectivity index (χ1) is 12.3. The number of rotatable bonds is 3. The minimum Gasteiger partial charge on any atom is -0.395 e. The predicted octanol–water partition coefficient (Wildman–Crippen LogP) is 3.21. The minimum absolute atomic E-state index is 0.255. The molecule has 4 rings (SSSR count). The van der Waals surface area contributed by atoms with Crippen LogP contribution >= 0.6 is 0 Å². The number of likely N-dealkylation sites (N-methyl/N-ethyl adjacent to an activating group) is 1. The van der Waals surface area contributed by atoms with E-state index >= 15 is 0 Å². The van der Waals surface area contributed by atoms with Gasteiger partial charge in [-0.25, -0.2) is 0 Å². The van der Waals surface area contributed by atoms with E-state index in [1.54, 1.807) is 0 Å². The molecule has 0 saturated carbocycles. The van der Waals surface area contributed by atoms with Crippen molar-refractivity contribution >= 4 is 0 Å². The molecule has 0 unspecified atom stereocenters. The molecule has 0 bridgehead atoms. The zero-order valence-corrected chi connectivity index (χ0v) is 15.0. The quantitative estimate of drug-likeness (QED) is 0.932. The maximum absolute atomic E-state index is 9.96. The second-order valence-corrected chi connectivity index (χ2v) is 7.54. The Kier molecular flexibility index (Phi) is 4.89. The fourth-order valence-electron chi connectivity index (χ4n) is 4.64. The summed E-state index contributed by atoms with van der Waals surface area (Å²) in [7, 11) is 2.23. The van der Waals surface area contributed by atoms with Gasteiger partial charge in [0.1, 0.15) is 0 Å². The number of aliphatic hydroxyl groups excluding tert-OH is 1. The Hall–Kier alpha value is -1.68. The van der Waals surface area contributed by atoms with E-state index in [4.69, 9.17) is 0 Å². The fourth-order valence-corrected chi connectivity index (χ4v) is 4.64. The molecule has 0 aliphatic carbocycles. The van der Waals surface area contributed by atoms with Crippen LogP contribution in [-0.2, 0) is 0 Å². The van der Waals surface area contributed by atoms with Crippen molar-refractivity contribution in [3.63, 3.8) is 0 Å². The van der Waals surface area contributed by atoms with Gasteiger partial charge in [0.25, 0.3) is 0 Å². The van der Waals surface area contributed by atoms with E-state index in [9.17, 15) is 5.11 Å². The smallest absolute Gasteiger partial charge is 0.0593 e. The third kappa shape index (κ3) is 3.24. The van der Waals surface area contributed by atoms with E-state index in [1.165, 1.54) is 36.1 Å². The van der Waals surface area contributed by atoms with Gasteiger partial charge in [0.2, 0.25) is 0 Å². The van der Waals surface area contributed by atoms with Gasteiger partial charge < -0.3 is 10.0 Å². The molecule has 3 atom stereocenters. The lowest BCUT2D eigenvalue weighted by molar-refractivity contribution is -0.0614. The third-order valence-electron chi connectivity index (χ3n) is 5.98. The molecule has 0 aromatic heterocycles. The van der Waals surface area contributed by atoms with Crippen molar-refractivity contribution in [3.05, 3.63) is 60.2 Å². The summed E-state index contributed by atoms with van der Waals surface area (Å²) in [6, 6.07) is 20.3. The molecule has 0 amide bonds. The van der Waals surface area contributed by atoms with Crippen molar-refractivity contribution in [2.45, 2.75) is 30.8 Å². The SMILES string of the molecule is CN1CCCCN2[C@H](CO)[C@@H](c3ccc(-c4ccccc4)cc3)[C@@H]2C1. The molecular weight excluding hydrogens is 308 g/mol. The molecule has 25 heavy (non-hydrogen) atoms. The topological polar surface area (TPSA) is 26.7 Å². The zero-order chi connectivity index (χ0) is 17.2. The summed E-state index contributed by atoms with van der Waals surface area (Å²) < 4.78 is 0. The molecule has 3 heteroatoms. The second-order valence-electron chi connectivity index (χ2n) is 7.54. The van der Waals surface area contributed by atoms with E-state index < -0.39 is 0 Å². The summed E-state index contributed by atoms with van der Waals surface area (Å²) in [5.41, 5.74) is 3.89. The molecule has 2 saturated heterocycles. The molecule has 2 fully saturated rings. The van der Waals surface area contributed by atoms with Crippen LogP contribution in [0.3, 0.4) is 0 Å². The highest BCUT2D eigenvalue weighted by molar-refractivity contribution is 5.63. The molecule has 0 spiro atoms. The normalized spacial score (nSPS) is 27.8. The van der Waals surface area contributed by atoms with Crippen LogP contribution in [0.4, 0.5) is 0 Å². The summed E-state index contributed by atoms with van der Waals surface area (Å²) in [6.07, 6.45) is 2.49. The van der Waals surface area contributed by atoms with Crippen LogP contribution in [0.15, 0.2) is 54.6 Å². The van der Waals surface area contributed by atoms with Crippen LogP contribution in [0.2, 0.25) is 0 Å². The van der Waals surface area contributed by atoms with Crippen LogP contribution in [0.5, 0.6) is 0 Å². The molecule has 2 aromatic carbocycles. The number of fused-ring (bicyclic) bond motifs is 1. The summed E-state index contributed by atoms with van der Waals surface area (Å²) in [4.78, 5) is 4.99. The van der Waals surface area contributed by atoms with Gasteiger partial charge in [-0.2, -0.15) is 0 Å². The molecule has 2 heterocycles. The fraction of sp³-hybridized carbons (Fsp3) is 0.455. The average Bonchev–Trinajstić information content (AvgIpc) is 2.64. The first-order valence-corrected chi connectivity index (χ1v) is 9.48. The lowest BCUT2D eigenvalue weighted by Crippen LogP contribution is -2.67. The first kappa shape index (κ1) is 16.8. The van der Waals surface area contributed by atoms with Crippen LogP contribution in [-0.4, -0.2) is 60.3 Å². The molecular formula is C22H28N2O. The minimum atomic E-state index is 0.255. The van der Waals surface area contributed by atoms with Gasteiger partial charge in [-0.3, -0.25) is 4.90 Å². The maximum atomic E-state index is 9.96. The first-order valence-electron chi connectivity index (χ1n) is 9.48. The number of nitrogens with zero attached hydrogens (tertiary/aromatic N) is 2. The molecule has 2 aliphatic heterocycles. The predicted molar refractivity (Wildman–Crippen MR) is 103 cm³/mol. The number of aliphatic hydroxyl groups is 1. The Balaban J connectivity index is 1.57. The molecule has 1 N–H and O–H groups in total. The van der Waals surface area contributed by atoms with Crippen molar-refractivity contribution in [2.24, 2.45) is 0 Å². The zero-order valence-electron chi connectivity index (χ0n) is 15.0. The summed E-state index contributed by atoms with van der Waals surface area (Å²) in [6.45, 7) is 3.67. The molecule has 132 valence electrons. The van der Waals surface area contributed by atoms with E-state index in [1.807, 2.05) is 0 Å².